The zero-order valence-electron chi connectivity index (χ0n) is 19.1. The van der Waals surface area contributed by atoms with Crippen LogP contribution in [0.15, 0.2) is 24.0 Å². The normalized spacial score (nSPS) is 26.9. The fraction of sp³-hybridized carbons (Fsp3) is 0.609. The highest BCUT2D eigenvalue weighted by atomic mass is 16.6. The Morgan fingerprint density at radius 2 is 1.85 bits per heavy atom. The molecule has 2 atom stereocenters. The van der Waals surface area contributed by atoms with Gasteiger partial charge in [-0.3, -0.25) is 9.78 Å². The van der Waals surface area contributed by atoms with Crippen LogP contribution in [0.4, 0.5) is 4.79 Å². The van der Waals surface area contributed by atoms with Crippen LogP contribution in [0.3, 0.4) is 0 Å². The topological polar surface area (TPSA) is 144 Å². The molecular weight excluding hydrogens is 426 g/mol. The molecule has 3 fully saturated rings. The molecule has 3 saturated carbocycles. The predicted octanol–water partition coefficient (Wildman–Crippen LogP) is 2.01. The van der Waals surface area contributed by atoms with Crippen LogP contribution >= 0.6 is 0 Å². The monoisotopic (exact) mass is 459 g/mol. The van der Waals surface area contributed by atoms with Gasteiger partial charge in [-0.25, -0.2) is 10.6 Å². The quantitative estimate of drug-likeness (QED) is 0.393. The molecule has 180 valence electrons. The molecule has 33 heavy (non-hydrogen) atoms. The summed E-state index contributed by atoms with van der Waals surface area (Å²) < 4.78 is 11.4. The summed E-state index contributed by atoms with van der Waals surface area (Å²) in [6.45, 7) is -0.0652. The molecule has 5 N–H and O–H groups in total. The zero-order chi connectivity index (χ0) is 23.7. The highest BCUT2D eigenvalue weighted by Gasteiger charge is 2.60. The third kappa shape index (κ3) is 5.00. The highest BCUT2D eigenvalue weighted by Crippen LogP contribution is 2.58. The van der Waals surface area contributed by atoms with Gasteiger partial charge in [0.2, 0.25) is 0 Å². The summed E-state index contributed by atoms with van der Waals surface area (Å²) in [4.78, 5) is 29.6. The van der Waals surface area contributed by atoms with Crippen LogP contribution in [0.25, 0.3) is 5.70 Å². The zero-order valence-corrected chi connectivity index (χ0v) is 19.1. The first-order valence-electron chi connectivity index (χ1n) is 11.5. The third-order valence-electron chi connectivity index (χ3n) is 7.23. The first-order valence-corrected chi connectivity index (χ1v) is 11.5. The average Bonchev–Trinajstić information content (AvgIpc) is 3.14. The number of fused-ring (bicyclic) bond motifs is 1. The van der Waals surface area contributed by atoms with Crippen LogP contribution in [-0.2, 0) is 9.53 Å². The molecular formula is C23H33N5O5. The van der Waals surface area contributed by atoms with Crippen LogP contribution in [-0.4, -0.2) is 64.9 Å². The molecule has 0 aliphatic heterocycles. The summed E-state index contributed by atoms with van der Waals surface area (Å²) in [5.74, 6) is 6.12. The van der Waals surface area contributed by atoms with E-state index in [0.717, 1.165) is 38.5 Å². The van der Waals surface area contributed by atoms with Crippen LogP contribution < -0.4 is 16.3 Å². The maximum Gasteiger partial charge on any atom is 0.410 e. The predicted molar refractivity (Wildman–Crippen MR) is 120 cm³/mol. The molecule has 4 rings (SSSR count). The van der Waals surface area contributed by atoms with Gasteiger partial charge in [-0.1, -0.05) is 12.8 Å². The SMILES string of the molecule is CN(N)/C(COC(=O)N(C)C1CCCC1)=C(\N)c1ccc(OC2CC3C(C2)C3C(=O)O)cn1. The van der Waals surface area contributed by atoms with Crippen molar-refractivity contribution in [2.24, 2.45) is 29.3 Å². The first-order chi connectivity index (χ1) is 15.8. The molecule has 0 saturated heterocycles. The molecule has 3 aliphatic rings. The number of ether oxygens (including phenoxy) is 2. The second-order valence-corrected chi connectivity index (χ2v) is 9.36. The van der Waals surface area contributed by atoms with Gasteiger partial charge in [-0.05, 0) is 49.7 Å². The lowest BCUT2D eigenvalue weighted by atomic mass is 10.1. The second kappa shape index (κ2) is 9.46. The summed E-state index contributed by atoms with van der Waals surface area (Å²) in [6, 6.07) is 3.73. The Bertz CT molecular complexity index is 900. The maximum absolute atomic E-state index is 12.4. The van der Waals surface area contributed by atoms with Gasteiger partial charge < -0.3 is 30.2 Å². The number of hydrazine groups is 1. The van der Waals surface area contributed by atoms with E-state index in [1.54, 1.807) is 37.3 Å². The fourth-order valence-electron chi connectivity index (χ4n) is 5.25. The molecule has 0 spiro atoms. The van der Waals surface area contributed by atoms with E-state index in [0.29, 0.717) is 22.8 Å². The van der Waals surface area contributed by atoms with Crippen LogP contribution in [0.1, 0.15) is 44.2 Å². The lowest BCUT2D eigenvalue weighted by Gasteiger charge is -2.25. The number of nitrogens with two attached hydrogens (primary N) is 2. The minimum absolute atomic E-state index is 0.0122. The number of likely N-dealkylation sites (N-methyl/N-ethyl adjacent to an activating group) is 1. The van der Waals surface area contributed by atoms with Crippen molar-refractivity contribution in [3.63, 3.8) is 0 Å². The number of carboxylic acids is 1. The van der Waals surface area contributed by atoms with Gasteiger partial charge in [0, 0.05) is 20.1 Å². The van der Waals surface area contributed by atoms with E-state index >= 15 is 0 Å². The van der Waals surface area contributed by atoms with E-state index in [4.69, 9.17) is 26.2 Å². The number of hydrogen-bond donors (Lipinski definition) is 3. The Morgan fingerprint density at radius 1 is 1.18 bits per heavy atom. The van der Waals surface area contributed by atoms with Gasteiger partial charge in [0.15, 0.2) is 0 Å². The number of carbonyl (C=O) groups is 2. The van der Waals surface area contributed by atoms with Crippen molar-refractivity contribution in [2.75, 3.05) is 20.7 Å². The van der Waals surface area contributed by atoms with E-state index in [-0.39, 0.29) is 36.5 Å². The molecule has 0 aromatic carbocycles. The molecule has 10 heteroatoms. The Kier molecular flexibility index (Phi) is 6.64. The lowest BCUT2D eigenvalue weighted by molar-refractivity contribution is -0.139. The molecule has 1 heterocycles. The lowest BCUT2D eigenvalue weighted by Crippen LogP contribution is -2.37. The number of hydrogen-bond acceptors (Lipinski definition) is 8. The maximum atomic E-state index is 12.4. The van der Waals surface area contributed by atoms with Gasteiger partial charge in [0.1, 0.15) is 12.4 Å². The van der Waals surface area contributed by atoms with Crippen molar-refractivity contribution in [2.45, 2.75) is 50.7 Å². The Balaban J connectivity index is 1.34. The number of amides is 1. The molecule has 1 aromatic heterocycles. The Labute approximate surface area is 193 Å². The van der Waals surface area contributed by atoms with Crippen LogP contribution in [0, 0.1) is 17.8 Å². The number of pyridine rings is 1. The standard InChI is InChI=1S/C23H33N5O5/c1-27(13-5-3-4-6-13)23(31)32-12-19(28(2)25)21(24)18-8-7-14(11-26-18)33-15-9-16-17(10-15)20(16)22(29)30/h7-8,11,13,15-17,20H,3-6,9-10,12,24-25H2,1-2H3,(H,29,30)/b21-19-. The third-order valence-corrected chi connectivity index (χ3v) is 7.23. The van der Waals surface area contributed by atoms with Gasteiger partial charge >= 0.3 is 12.1 Å². The Morgan fingerprint density at radius 3 is 2.39 bits per heavy atom. The van der Waals surface area contributed by atoms with Crippen molar-refractivity contribution < 1.29 is 24.2 Å². The molecule has 0 bridgehead atoms. The Hall–Kier alpha value is -3.01. The summed E-state index contributed by atoms with van der Waals surface area (Å²) in [6.07, 6.45) is 6.96. The largest absolute Gasteiger partial charge is 0.489 e. The van der Waals surface area contributed by atoms with Gasteiger partial charge in [0.05, 0.1) is 35.3 Å². The van der Waals surface area contributed by atoms with Crippen LogP contribution in [0.2, 0.25) is 0 Å². The number of nitrogens with zero attached hydrogens (tertiary/aromatic N) is 3. The van der Waals surface area contributed by atoms with E-state index in [1.807, 2.05) is 0 Å². The van der Waals surface area contributed by atoms with Gasteiger partial charge in [-0.15, -0.1) is 0 Å². The van der Waals surface area contributed by atoms with E-state index in [9.17, 15) is 9.59 Å². The summed E-state index contributed by atoms with van der Waals surface area (Å²) in [7, 11) is 3.39. The number of carboxylic acid groups (broad SMARTS) is 1. The summed E-state index contributed by atoms with van der Waals surface area (Å²) >= 11 is 0. The van der Waals surface area contributed by atoms with Crippen molar-refractivity contribution in [3.8, 4) is 5.75 Å². The minimum Gasteiger partial charge on any atom is -0.489 e. The average molecular weight is 460 g/mol. The van der Waals surface area contributed by atoms with Crippen LogP contribution in [0.5, 0.6) is 5.75 Å². The summed E-state index contributed by atoms with van der Waals surface area (Å²) in [5.41, 5.74) is 7.55. The number of aromatic nitrogens is 1. The first kappa shape index (κ1) is 23.2. The number of carbonyl (C=O) groups excluding carboxylic acids is 1. The second-order valence-electron chi connectivity index (χ2n) is 9.36. The molecule has 1 amide bonds. The smallest absolute Gasteiger partial charge is 0.410 e. The van der Waals surface area contributed by atoms with E-state index in [1.165, 1.54) is 5.01 Å². The molecule has 0 radical (unpaired) electrons. The minimum atomic E-state index is -0.701. The summed E-state index contributed by atoms with van der Waals surface area (Å²) in [5, 5.41) is 10.5. The number of aliphatic carboxylic acids is 1. The molecule has 3 aliphatic carbocycles. The van der Waals surface area contributed by atoms with E-state index < -0.39 is 12.1 Å². The highest BCUT2D eigenvalue weighted by molar-refractivity contribution is 5.74. The van der Waals surface area contributed by atoms with E-state index in [2.05, 4.69) is 4.98 Å². The number of rotatable bonds is 8. The van der Waals surface area contributed by atoms with Crippen molar-refractivity contribution in [1.82, 2.24) is 14.9 Å². The van der Waals surface area contributed by atoms with Crippen molar-refractivity contribution in [3.05, 3.63) is 29.7 Å². The molecule has 10 nitrogen and oxygen atoms in total. The van der Waals surface area contributed by atoms with Crippen molar-refractivity contribution in [1.29, 1.82) is 0 Å². The van der Waals surface area contributed by atoms with Crippen molar-refractivity contribution >= 4 is 17.8 Å². The molecule has 2 unspecified atom stereocenters. The van der Waals surface area contributed by atoms with Gasteiger partial charge in [0.25, 0.3) is 0 Å². The fourth-order valence-corrected chi connectivity index (χ4v) is 5.25. The van der Waals surface area contributed by atoms with Gasteiger partial charge in [-0.2, -0.15) is 0 Å². The molecule has 1 aromatic rings.